The standard InChI is InChI=1S/C13H14N2O3S3/c1-9-7-19-13(14-9)20-8-12(16)10-3-5-11(6-4-10)15-21(2,17)18/h3-7,15H,8H2,1-2H3. The Morgan fingerprint density at radius 3 is 2.52 bits per heavy atom. The fourth-order valence-electron chi connectivity index (χ4n) is 1.55. The molecule has 0 aliphatic rings. The highest BCUT2D eigenvalue weighted by atomic mass is 32.2. The zero-order valence-corrected chi connectivity index (χ0v) is 13.9. The van der Waals surface area contributed by atoms with Crippen LogP contribution in [-0.2, 0) is 10.0 Å². The first kappa shape index (κ1) is 16.0. The average molecular weight is 342 g/mol. The average Bonchev–Trinajstić information content (AvgIpc) is 2.81. The van der Waals surface area contributed by atoms with Crippen molar-refractivity contribution >= 4 is 44.6 Å². The molecule has 0 radical (unpaired) electrons. The largest absolute Gasteiger partial charge is 0.293 e. The number of rotatable bonds is 6. The maximum absolute atomic E-state index is 12.0. The number of Topliss-reactive ketones (excluding diaryl/α,β-unsaturated/α-hetero) is 1. The zero-order valence-electron chi connectivity index (χ0n) is 11.5. The molecule has 21 heavy (non-hydrogen) atoms. The molecule has 1 aromatic heterocycles. The predicted octanol–water partition coefficient (Wildman–Crippen LogP) is 2.80. The van der Waals surface area contributed by atoms with E-state index in [-0.39, 0.29) is 5.78 Å². The summed E-state index contributed by atoms with van der Waals surface area (Å²) in [5.74, 6) is 0.296. The van der Waals surface area contributed by atoms with Crippen molar-refractivity contribution in [3.05, 3.63) is 40.9 Å². The number of nitrogens with zero attached hydrogens (tertiary/aromatic N) is 1. The molecule has 0 bridgehead atoms. The SMILES string of the molecule is Cc1csc(SCC(=O)c2ccc(NS(C)(=O)=O)cc2)n1. The van der Waals surface area contributed by atoms with E-state index >= 15 is 0 Å². The van der Waals surface area contributed by atoms with E-state index in [1.807, 2.05) is 12.3 Å². The van der Waals surface area contributed by atoms with Gasteiger partial charge in [0.15, 0.2) is 10.1 Å². The summed E-state index contributed by atoms with van der Waals surface area (Å²) in [4.78, 5) is 16.3. The maximum atomic E-state index is 12.0. The number of hydrogen-bond donors (Lipinski definition) is 1. The summed E-state index contributed by atoms with van der Waals surface area (Å²) in [5.41, 5.74) is 1.94. The van der Waals surface area contributed by atoms with E-state index < -0.39 is 10.0 Å². The summed E-state index contributed by atoms with van der Waals surface area (Å²) in [6.45, 7) is 1.91. The molecule has 8 heteroatoms. The molecule has 0 saturated heterocycles. The normalized spacial score (nSPS) is 11.3. The topological polar surface area (TPSA) is 76.1 Å². The second kappa shape index (κ2) is 6.59. The summed E-state index contributed by atoms with van der Waals surface area (Å²) in [5, 5.41) is 1.94. The molecular weight excluding hydrogens is 328 g/mol. The van der Waals surface area contributed by atoms with Gasteiger partial charge >= 0.3 is 0 Å². The van der Waals surface area contributed by atoms with Crippen LogP contribution in [0.3, 0.4) is 0 Å². The Bertz CT molecular complexity index is 736. The van der Waals surface area contributed by atoms with Gasteiger partial charge in [0.1, 0.15) is 0 Å². The van der Waals surface area contributed by atoms with Gasteiger partial charge in [0, 0.05) is 22.3 Å². The number of thioether (sulfide) groups is 1. The lowest BCUT2D eigenvalue weighted by Crippen LogP contribution is -2.10. The second-order valence-corrected chi connectivity index (χ2v) is 8.25. The Morgan fingerprint density at radius 2 is 2.00 bits per heavy atom. The van der Waals surface area contributed by atoms with Gasteiger partial charge in [0.05, 0.1) is 12.0 Å². The number of thiazole rings is 1. The van der Waals surface area contributed by atoms with Crippen molar-refractivity contribution in [1.29, 1.82) is 0 Å². The molecule has 1 aromatic carbocycles. The fraction of sp³-hybridized carbons (Fsp3) is 0.231. The maximum Gasteiger partial charge on any atom is 0.229 e. The van der Waals surface area contributed by atoms with Crippen LogP contribution in [0.15, 0.2) is 34.0 Å². The monoisotopic (exact) mass is 342 g/mol. The van der Waals surface area contributed by atoms with Crippen LogP contribution < -0.4 is 4.72 Å². The van der Waals surface area contributed by atoms with Gasteiger partial charge in [-0.2, -0.15) is 0 Å². The highest BCUT2D eigenvalue weighted by Crippen LogP contribution is 2.23. The lowest BCUT2D eigenvalue weighted by Gasteiger charge is -2.04. The van der Waals surface area contributed by atoms with Crippen molar-refractivity contribution in [2.75, 3.05) is 16.7 Å². The second-order valence-electron chi connectivity index (χ2n) is 4.42. The van der Waals surface area contributed by atoms with Gasteiger partial charge in [-0.3, -0.25) is 9.52 Å². The highest BCUT2D eigenvalue weighted by molar-refractivity contribution is 8.01. The molecule has 1 N–H and O–H groups in total. The Labute approximate surface area is 131 Å². The predicted molar refractivity (Wildman–Crippen MR) is 86.8 cm³/mol. The molecular formula is C13H14N2O3S3. The number of ketones is 1. The van der Waals surface area contributed by atoms with Crippen LogP contribution in [0.5, 0.6) is 0 Å². The third-order valence-corrected chi connectivity index (χ3v) is 5.18. The summed E-state index contributed by atoms with van der Waals surface area (Å²) in [6, 6.07) is 6.38. The van der Waals surface area contributed by atoms with Crippen LogP contribution in [0.1, 0.15) is 16.1 Å². The molecule has 0 aliphatic carbocycles. The van der Waals surface area contributed by atoms with Gasteiger partial charge in [-0.1, -0.05) is 11.8 Å². The van der Waals surface area contributed by atoms with E-state index in [2.05, 4.69) is 9.71 Å². The molecule has 5 nitrogen and oxygen atoms in total. The molecule has 0 atom stereocenters. The van der Waals surface area contributed by atoms with Crippen LogP contribution >= 0.6 is 23.1 Å². The zero-order chi connectivity index (χ0) is 15.5. The number of anilines is 1. The third-order valence-electron chi connectivity index (χ3n) is 2.43. The molecule has 1 heterocycles. The Morgan fingerprint density at radius 1 is 1.33 bits per heavy atom. The van der Waals surface area contributed by atoms with Crippen molar-refractivity contribution in [3.8, 4) is 0 Å². The Kier molecular flexibility index (Phi) is 5.02. The number of carbonyl (C=O) groups is 1. The molecule has 112 valence electrons. The molecule has 0 aliphatic heterocycles. The van der Waals surface area contributed by atoms with Crippen LogP contribution in [0.4, 0.5) is 5.69 Å². The Hall–Kier alpha value is -1.38. The van der Waals surface area contributed by atoms with E-state index in [4.69, 9.17) is 0 Å². The van der Waals surface area contributed by atoms with Crippen molar-refractivity contribution < 1.29 is 13.2 Å². The van der Waals surface area contributed by atoms with Gasteiger partial charge in [0.25, 0.3) is 0 Å². The number of hydrogen-bond acceptors (Lipinski definition) is 6. The van der Waals surface area contributed by atoms with Gasteiger partial charge < -0.3 is 0 Å². The first-order valence-electron chi connectivity index (χ1n) is 5.99. The lowest BCUT2D eigenvalue weighted by atomic mass is 10.1. The summed E-state index contributed by atoms with van der Waals surface area (Å²) < 4.78 is 25.4. The number of aryl methyl sites for hydroxylation is 1. The number of benzene rings is 1. The van der Waals surface area contributed by atoms with Gasteiger partial charge in [-0.05, 0) is 31.2 Å². The smallest absolute Gasteiger partial charge is 0.229 e. The number of sulfonamides is 1. The summed E-state index contributed by atoms with van der Waals surface area (Å²) in [7, 11) is -3.30. The molecule has 0 unspecified atom stereocenters. The van der Waals surface area contributed by atoms with Crippen molar-refractivity contribution in [2.24, 2.45) is 0 Å². The quantitative estimate of drug-likeness (QED) is 0.645. The Balaban J connectivity index is 1.96. The van der Waals surface area contributed by atoms with Crippen molar-refractivity contribution in [3.63, 3.8) is 0 Å². The van der Waals surface area contributed by atoms with Crippen LogP contribution in [0.2, 0.25) is 0 Å². The molecule has 0 saturated carbocycles. The minimum absolute atomic E-state index is 0.0150. The fourth-order valence-corrected chi connectivity index (χ4v) is 3.86. The molecule has 0 fully saturated rings. The summed E-state index contributed by atoms with van der Waals surface area (Å²) >= 11 is 2.92. The number of carbonyl (C=O) groups excluding carboxylic acids is 1. The van der Waals surface area contributed by atoms with Crippen molar-refractivity contribution in [2.45, 2.75) is 11.3 Å². The lowest BCUT2D eigenvalue weighted by molar-refractivity contribution is 0.102. The molecule has 2 aromatic rings. The van der Waals surface area contributed by atoms with E-state index in [9.17, 15) is 13.2 Å². The van der Waals surface area contributed by atoms with E-state index in [0.29, 0.717) is 17.0 Å². The minimum atomic E-state index is -3.30. The van der Waals surface area contributed by atoms with Gasteiger partial charge in [0.2, 0.25) is 10.0 Å². The first-order chi connectivity index (χ1) is 9.83. The van der Waals surface area contributed by atoms with Crippen LogP contribution in [-0.4, -0.2) is 31.2 Å². The van der Waals surface area contributed by atoms with Gasteiger partial charge in [-0.25, -0.2) is 13.4 Å². The molecule has 0 spiro atoms. The van der Waals surface area contributed by atoms with E-state index in [0.717, 1.165) is 16.3 Å². The number of nitrogens with one attached hydrogen (secondary N) is 1. The molecule has 2 rings (SSSR count). The van der Waals surface area contributed by atoms with E-state index in [1.54, 1.807) is 24.3 Å². The first-order valence-corrected chi connectivity index (χ1v) is 9.75. The minimum Gasteiger partial charge on any atom is -0.293 e. The number of aromatic nitrogens is 1. The molecule has 0 amide bonds. The third kappa shape index (κ3) is 5.14. The summed E-state index contributed by atoms with van der Waals surface area (Å²) in [6.07, 6.45) is 1.08. The van der Waals surface area contributed by atoms with Gasteiger partial charge in [-0.15, -0.1) is 11.3 Å². The highest BCUT2D eigenvalue weighted by Gasteiger charge is 2.09. The van der Waals surface area contributed by atoms with Crippen molar-refractivity contribution in [1.82, 2.24) is 4.98 Å². The van der Waals surface area contributed by atoms with Crippen LogP contribution in [0.25, 0.3) is 0 Å². The van der Waals surface area contributed by atoms with Crippen LogP contribution in [0, 0.1) is 6.92 Å². The van der Waals surface area contributed by atoms with E-state index in [1.165, 1.54) is 23.1 Å².